The third-order valence-electron chi connectivity index (χ3n) is 5.77. The molecule has 0 saturated carbocycles. The molecule has 3 aromatic rings. The van der Waals surface area contributed by atoms with Crippen molar-refractivity contribution in [1.29, 1.82) is 0 Å². The number of ether oxygens (including phenoxy) is 1. The number of carbonyl (C=O) groups excluding carboxylic acids is 1. The summed E-state index contributed by atoms with van der Waals surface area (Å²) < 4.78 is 57.4. The van der Waals surface area contributed by atoms with Gasteiger partial charge in [-0.1, -0.05) is 6.92 Å². The van der Waals surface area contributed by atoms with Crippen molar-refractivity contribution < 1.29 is 27.1 Å². The van der Waals surface area contributed by atoms with Crippen molar-refractivity contribution in [2.45, 2.75) is 38.4 Å². The summed E-state index contributed by atoms with van der Waals surface area (Å²) in [6.45, 7) is 1.87. The molecule has 1 aromatic carbocycles. The molecular formula is C23H25F4N5O2. The Balaban J connectivity index is 1.76. The van der Waals surface area contributed by atoms with Crippen LogP contribution in [0.5, 0.6) is 5.75 Å². The van der Waals surface area contributed by atoms with Crippen molar-refractivity contribution in [3.05, 3.63) is 41.5 Å². The monoisotopic (exact) mass is 479 g/mol. The van der Waals surface area contributed by atoms with Gasteiger partial charge in [-0.25, -0.2) is 14.4 Å². The summed E-state index contributed by atoms with van der Waals surface area (Å²) in [5.41, 5.74) is 1.48. The fraction of sp³-hybridized carbons (Fsp3) is 0.435. The predicted molar refractivity (Wildman–Crippen MR) is 118 cm³/mol. The lowest BCUT2D eigenvalue weighted by Crippen LogP contribution is -2.43. The van der Waals surface area contributed by atoms with E-state index in [1.807, 2.05) is 14.0 Å². The van der Waals surface area contributed by atoms with Crippen molar-refractivity contribution in [3.8, 4) is 17.0 Å². The zero-order valence-corrected chi connectivity index (χ0v) is 18.8. The average molecular weight is 479 g/mol. The number of H-pyrrole nitrogens is 1. The van der Waals surface area contributed by atoms with Gasteiger partial charge in [-0.05, 0) is 63.7 Å². The minimum Gasteiger partial charge on any atom is -0.479 e. The standard InChI is InChI=1S/C23H25F4N5O2/c1-3-16-17(13-4-6-14(24)7-5-13)30-18-20(34-12-23(25,26)27)19(31-21(18)29-16)22(33)28-15-8-10-32(2)11-9-15/h4-7,15H,3,8-12H2,1-2H3,(H,28,33)(H,29,31). The molecule has 0 radical (unpaired) electrons. The lowest BCUT2D eigenvalue weighted by molar-refractivity contribution is -0.153. The van der Waals surface area contributed by atoms with Crippen LogP contribution in [0.1, 0.15) is 35.9 Å². The van der Waals surface area contributed by atoms with Crippen LogP contribution >= 0.6 is 0 Å². The summed E-state index contributed by atoms with van der Waals surface area (Å²) in [6, 6.07) is 5.45. The summed E-state index contributed by atoms with van der Waals surface area (Å²) >= 11 is 0. The number of piperidine rings is 1. The Morgan fingerprint density at radius 1 is 1.21 bits per heavy atom. The fourth-order valence-electron chi connectivity index (χ4n) is 3.96. The second-order valence-corrected chi connectivity index (χ2v) is 8.36. The highest BCUT2D eigenvalue weighted by Gasteiger charge is 2.32. The van der Waals surface area contributed by atoms with Gasteiger partial charge in [-0.3, -0.25) is 4.79 Å². The number of aryl methyl sites for hydroxylation is 1. The molecule has 182 valence electrons. The Kier molecular flexibility index (Phi) is 6.74. The molecule has 2 aromatic heterocycles. The normalized spacial score (nSPS) is 15.6. The number of hydrogen-bond donors (Lipinski definition) is 2. The van der Waals surface area contributed by atoms with Crippen molar-refractivity contribution in [2.75, 3.05) is 26.7 Å². The van der Waals surface area contributed by atoms with Crippen molar-refractivity contribution in [1.82, 2.24) is 25.2 Å². The fourth-order valence-corrected chi connectivity index (χ4v) is 3.96. The number of carbonyl (C=O) groups is 1. The summed E-state index contributed by atoms with van der Waals surface area (Å²) in [5, 5.41) is 2.88. The van der Waals surface area contributed by atoms with Crippen LogP contribution in [0.25, 0.3) is 22.4 Å². The molecule has 7 nitrogen and oxygen atoms in total. The van der Waals surface area contributed by atoms with E-state index in [4.69, 9.17) is 4.74 Å². The molecule has 1 aliphatic rings. The number of nitrogens with zero attached hydrogens (tertiary/aromatic N) is 3. The van der Waals surface area contributed by atoms with Crippen molar-refractivity contribution in [2.24, 2.45) is 0 Å². The topological polar surface area (TPSA) is 83.1 Å². The van der Waals surface area contributed by atoms with Crippen LogP contribution in [0.2, 0.25) is 0 Å². The van der Waals surface area contributed by atoms with Crippen LogP contribution in [-0.4, -0.2) is 64.7 Å². The number of nitrogens with one attached hydrogen (secondary N) is 2. The predicted octanol–water partition coefficient (Wildman–Crippen LogP) is 4.09. The number of amides is 1. The largest absolute Gasteiger partial charge is 0.479 e. The molecule has 11 heteroatoms. The lowest BCUT2D eigenvalue weighted by Gasteiger charge is -2.29. The third-order valence-corrected chi connectivity index (χ3v) is 5.77. The van der Waals surface area contributed by atoms with E-state index >= 15 is 0 Å². The second kappa shape index (κ2) is 9.57. The van der Waals surface area contributed by atoms with E-state index in [2.05, 4.69) is 25.2 Å². The number of likely N-dealkylation sites (tertiary alicyclic amines) is 1. The summed E-state index contributed by atoms with van der Waals surface area (Å²) in [6.07, 6.45) is -2.69. The first kappa shape index (κ1) is 23.9. The minimum atomic E-state index is -4.61. The number of rotatable bonds is 6. The molecule has 1 amide bonds. The minimum absolute atomic E-state index is 0.00861. The van der Waals surface area contributed by atoms with Crippen LogP contribution in [-0.2, 0) is 6.42 Å². The third kappa shape index (κ3) is 5.30. The van der Waals surface area contributed by atoms with Gasteiger partial charge >= 0.3 is 6.18 Å². The van der Waals surface area contributed by atoms with Crippen LogP contribution in [0.15, 0.2) is 24.3 Å². The van der Waals surface area contributed by atoms with E-state index in [1.54, 1.807) is 0 Å². The second-order valence-electron chi connectivity index (χ2n) is 8.36. The number of fused-ring (bicyclic) bond motifs is 1. The first-order valence-electron chi connectivity index (χ1n) is 11.0. The van der Waals surface area contributed by atoms with E-state index in [-0.39, 0.29) is 28.6 Å². The van der Waals surface area contributed by atoms with Gasteiger partial charge in [0.1, 0.15) is 5.82 Å². The molecule has 4 rings (SSSR count). The molecule has 1 fully saturated rings. The Morgan fingerprint density at radius 2 is 1.88 bits per heavy atom. The van der Waals surface area contributed by atoms with Crippen LogP contribution in [0, 0.1) is 5.82 Å². The first-order chi connectivity index (χ1) is 16.1. The number of benzene rings is 1. The van der Waals surface area contributed by atoms with Gasteiger partial charge in [0.05, 0.1) is 11.4 Å². The van der Waals surface area contributed by atoms with Gasteiger partial charge in [0.15, 0.2) is 29.2 Å². The van der Waals surface area contributed by atoms with Gasteiger partial charge in [0.2, 0.25) is 0 Å². The first-order valence-corrected chi connectivity index (χ1v) is 11.0. The van der Waals surface area contributed by atoms with Crippen LogP contribution in [0.3, 0.4) is 0 Å². The van der Waals surface area contributed by atoms with Gasteiger partial charge in [0, 0.05) is 11.6 Å². The summed E-state index contributed by atoms with van der Waals surface area (Å²) in [4.78, 5) is 27.0. The zero-order chi connectivity index (χ0) is 24.5. The molecule has 0 unspecified atom stereocenters. The molecule has 34 heavy (non-hydrogen) atoms. The van der Waals surface area contributed by atoms with Crippen molar-refractivity contribution >= 4 is 17.1 Å². The summed E-state index contributed by atoms with van der Waals surface area (Å²) in [5.74, 6) is -1.32. The molecule has 0 spiro atoms. The number of halogens is 4. The number of aromatic amines is 1. The van der Waals surface area contributed by atoms with Crippen LogP contribution in [0.4, 0.5) is 17.6 Å². The number of aromatic nitrogens is 3. The summed E-state index contributed by atoms with van der Waals surface area (Å²) in [7, 11) is 1.99. The zero-order valence-electron chi connectivity index (χ0n) is 18.8. The van der Waals surface area contributed by atoms with Gasteiger partial charge in [-0.2, -0.15) is 13.2 Å². The van der Waals surface area contributed by atoms with Gasteiger partial charge < -0.3 is 19.9 Å². The lowest BCUT2D eigenvalue weighted by atomic mass is 10.1. The highest BCUT2D eigenvalue weighted by molar-refractivity contribution is 6.02. The molecule has 0 bridgehead atoms. The van der Waals surface area contributed by atoms with Gasteiger partial charge in [0.25, 0.3) is 5.91 Å². The Bertz CT molecular complexity index is 1170. The number of hydrogen-bond acceptors (Lipinski definition) is 5. The van der Waals surface area contributed by atoms with E-state index in [9.17, 15) is 22.4 Å². The number of alkyl halides is 3. The quantitative estimate of drug-likeness (QED) is 0.521. The maximum absolute atomic E-state index is 13.4. The average Bonchev–Trinajstić information content (AvgIpc) is 3.16. The molecular weight excluding hydrogens is 454 g/mol. The molecule has 0 atom stereocenters. The Morgan fingerprint density at radius 3 is 2.50 bits per heavy atom. The van der Waals surface area contributed by atoms with E-state index in [0.29, 0.717) is 23.4 Å². The molecule has 3 heterocycles. The molecule has 0 aliphatic carbocycles. The highest BCUT2D eigenvalue weighted by Crippen LogP contribution is 2.33. The van der Waals surface area contributed by atoms with Gasteiger partial charge in [-0.15, -0.1) is 0 Å². The highest BCUT2D eigenvalue weighted by atomic mass is 19.4. The Labute approximate surface area is 193 Å². The van der Waals surface area contributed by atoms with E-state index in [0.717, 1.165) is 25.9 Å². The molecule has 2 N–H and O–H groups in total. The Hall–Kier alpha value is -3.21. The SMILES string of the molecule is CCc1nc2[nH]c(C(=O)NC3CCN(C)CC3)c(OCC(F)(F)F)c2nc1-c1ccc(F)cc1. The van der Waals surface area contributed by atoms with E-state index in [1.165, 1.54) is 24.3 Å². The maximum atomic E-state index is 13.4. The molecule has 1 saturated heterocycles. The smallest absolute Gasteiger partial charge is 0.422 e. The van der Waals surface area contributed by atoms with E-state index < -0.39 is 24.5 Å². The molecule has 1 aliphatic heterocycles. The van der Waals surface area contributed by atoms with Crippen molar-refractivity contribution in [3.63, 3.8) is 0 Å². The van der Waals surface area contributed by atoms with Crippen LogP contribution < -0.4 is 10.1 Å². The maximum Gasteiger partial charge on any atom is 0.422 e.